The van der Waals surface area contributed by atoms with Gasteiger partial charge in [0.2, 0.25) is 5.91 Å². The van der Waals surface area contributed by atoms with Gasteiger partial charge < -0.3 is 10.1 Å². The predicted molar refractivity (Wildman–Crippen MR) is 126 cm³/mol. The highest BCUT2D eigenvalue weighted by Crippen LogP contribution is 2.43. The van der Waals surface area contributed by atoms with E-state index < -0.39 is 5.82 Å². The third-order valence-electron chi connectivity index (χ3n) is 4.87. The first kappa shape index (κ1) is 22.2. The number of nitrogens with zero attached hydrogens (tertiary/aromatic N) is 1. The van der Waals surface area contributed by atoms with Gasteiger partial charge in [-0.3, -0.25) is 14.5 Å². The number of nitrogens with one attached hydrogen (secondary N) is 1. The zero-order valence-corrected chi connectivity index (χ0v) is 18.8. The second-order valence-electron chi connectivity index (χ2n) is 7.30. The Morgan fingerprint density at radius 2 is 1.97 bits per heavy atom. The molecule has 1 heterocycles. The molecule has 0 bridgehead atoms. The van der Waals surface area contributed by atoms with Crippen molar-refractivity contribution in [2.75, 3.05) is 22.6 Å². The van der Waals surface area contributed by atoms with Crippen LogP contribution in [0.5, 0.6) is 5.75 Å². The standard InChI is InChI=1S/C24H20ClFN2O3S/c1-15-5-10-20(26)21(11-15)28-23(30)14-32-24(28)16-3-2-4-18(12-16)27-22(29)13-31-19-8-6-17(25)7-9-19/h2-12,24H,13-14H2,1H3,(H,27,29)/t24-/m0/s1. The highest BCUT2D eigenvalue weighted by atomic mass is 35.5. The van der Waals surface area contributed by atoms with E-state index >= 15 is 0 Å². The number of hydrogen-bond acceptors (Lipinski definition) is 4. The molecule has 0 spiro atoms. The number of anilines is 2. The zero-order valence-electron chi connectivity index (χ0n) is 17.2. The molecule has 32 heavy (non-hydrogen) atoms. The molecule has 3 aromatic carbocycles. The molecule has 4 rings (SSSR count). The van der Waals surface area contributed by atoms with Gasteiger partial charge in [0.1, 0.15) is 16.9 Å². The summed E-state index contributed by atoms with van der Waals surface area (Å²) in [6.45, 7) is 1.69. The molecule has 0 unspecified atom stereocenters. The second-order valence-corrected chi connectivity index (χ2v) is 8.80. The minimum atomic E-state index is -0.444. The molecule has 1 saturated heterocycles. The van der Waals surface area contributed by atoms with Gasteiger partial charge >= 0.3 is 0 Å². The third kappa shape index (κ3) is 5.06. The van der Waals surface area contributed by atoms with Gasteiger partial charge in [0, 0.05) is 10.7 Å². The first-order valence-corrected chi connectivity index (χ1v) is 11.3. The normalized spacial score (nSPS) is 15.7. The van der Waals surface area contributed by atoms with Gasteiger partial charge in [0.05, 0.1) is 11.4 Å². The highest BCUT2D eigenvalue weighted by molar-refractivity contribution is 8.00. The summed E-state index contributed by atoms with van der Waals surface area (Å²) in [5.74, 6) is -0.136. The second kappa shape index (κ2) is 9.63. The summed E-state index contributed by atoms with van der Waals surface area (Å²) in [7, 11) is 0. The Balaban J connectivity index is 1.48. The molecule has 0 saturated carbocycles. The van der Waals surface area contributed by atoms with Crippen LogP contribution < -0.4 is 15.0 Å². The maximum atomic E-state index is 14.5. The van der Waals surface area contributed by atoms with Crippen molar-refractivity contribution in [1.82, 2.24) is 0 Å². The summed E-state index contributed by atoms with van der Waals surface area (Å²) < 4.78 is 20.0. The number of amides is 2. The van der Waals surface area contributed by atoms with E-state index in [1.165, 1.54) is 22.7 Å². The Morgan fingerprint density at radius 1 is 1.19 bits per heavy atom. The lowest BCUT2D eigenvalue weighted by molar-refractivity contribution is -0.118. The summed E-state index contributed by atoms with van der Waals surface area (Å²) in [5, 5.41) is 2.99. The molecule has 1 aliphatic rings. The molecule has 1 fully saturated rings. The molecule has 1 atom stereocenters. The van der Waals surface area contributed by atoms with E-state index in [0.717, 1.165) is 11.1 Å². The van der Waals surface area contributed by atoms with Crippen molar-refractivity contribution < 1.29 is 18.7 Å². The van der Waals surface area contributed by atoms with Crippen molar-refractivity contribution in [3.05, 3.63) is 88.7 Å². The number of hydrogen-bond donors (Lipinski definition) is 1. The Hall–Kier alpha value is -3.03. The minimum absolute atomic E-state index is 0.157. The molecule has 1 aliphatic heterocycles. The van der Waals surface area contributed by atoms with Gasteiger partial charge in [-0.2, -0.15) is 0 Å². The van der Waals surface area contributed by atoms with Crippen LogP contribution >= 0.6 is 23.4 Å². The quantitative estimate of drug-likeness (QED) is 0.510. The van der Waals surface area contributed by atoms with Crippen LogP contribution in [-0.2, 0) is 9.59 Å². The Labute approximate surface area is 194 Å². The smallest absolute Gasteiger partial charge is 0.262 e. The van der Waals surface area contributed by atoms with Crippen LogP contribution in [-0.4, -0.2) is 24.2 Å². The topological polar surface area (TPSA) is 58.6 Å². The number of benzene rings is 3. The van der Waals surface area contributed by atoms with Crippen LogP contribution in [0, 0.1) is 12.7 Å². The zero-order chi connectivity index (χ0) is 22.7. The van der Waals surface area contributed by atoms with Crippen LogP contribution in [0.4, 0.5) is 15.8 Å². The molecule has 0 aromatic heterocycles. The van der Waals surface area contributed by atoms with E-state index in [2.05, 4.69) is 5.32 Å². The number of rotatable bonds is 6. The van der Waals surface area contributed by atoms with Gasteiger partial charge in [-0.1, -0.05) is 29.8 Å². The third-order valence-corrected chi connectivity index (χ3v) is 6.33. The Morgan fingerprint density at radius 3 is 2.75 bits per heavy atom. The van der Waals surface area contributed by atoms with Crippen molar-refractivity contribution in [3.8, 4) is 5.75 Å². The molecule has 8 heteroatoms. The molecular formula is C24H20ClFN2O3S. The molecule has 2 amide bonds. The van der Waals surface area contributed by atoms with Crippen LogP contribution in [0.25, 0.3) is 0 Å². The molecule has 1 N–H and O–H groups in total. The number of carbonyl (C=O) groups excluding carboxylic acids is 2. The van der Waals surface area contributed by atoms with Crippen molar-refractivity contribution in [3.63, 3.8) is 0 Å². The van der Waals surface area contributed by atoms with Crippen molar-refractivity contribution in [1.29, 1.82) is 0 Å². The first-order chi connectivity index (χ1) is 15.4. The summed E-state index contributed by atoms with van der Waals surface area (Å²) in [6, 6.07) is 18.6. The molecule has 3 aromatic rings. The fourth-order valence-corrected chi connectivity index (χ4v) is 4.67. The highest BCUT2D eigenvalue weighted by Gasteiger charge is 2.35. The molecule has 5 nitrogen and oxygen atoms in total. The van der Waals surface area contributed by atoms with E-state index in [9.17, 15) is 14.0 Å². The lowest BCUT2D eigenvalue weighted by Gasteiger charge is -2.25. The van der Waals surface area contributed by atoms with Crippen LogP contribution in [0.2, 0.25) is 5.02 Å². The Bertz CT molecular complexity index is 1160. The lowest BCUT2D eigenvalue weighted by atomic mass is 10.1. The van der Waals surface area contributed by atoms with Crippen molar-refractivity contribution in [2.45, 2.75) is 12.3 Å². The van der Waals surface area contributed by atoms with Crippen molar-refractivity contribution >= 4 is 46.6 Å². The lowest BCUT2D eigenvalue weighted by Crippen LogP contribution is -2.29. The predicted octanol–water partition coefficient (Wildman–Crippen LogP) is 5.58. The summed E-state index contributed by atoms with van der Waals surface area (Å²) in [6.07, 6.45) is 0. The van der Waals surface area contributed by atoms with Gasteiger partial charge in [-0.05, 0) is 66.6 Å². The summed E-state index contributed by atoms with van der Waals surface area (Å²) in [5.41, 5.74) is 2.48. The number of halogens is 2. The van der Waals surface area contributed by atoms with E-state index in [4.69, 9.17) is 16.3 Å². The fourth-order valence-electron chi connectivity index (χ4n) is 3.39. The van der Waals surface area contributed by atoms with Gasteiger partial charge in [-0.25, -0.2) is 4.39 Å². The minimum Gasteiger partial charge on any atom is -0.484 e. The van der Waals surface area contributed by atoms with E-state index in [0.29, 0.717) is 16.5 Å². The van der Waals surface area contributed by atoms with E-state index in [-0.39, 0.29) is 35.2 Å². The van der Waals surface area contributed by atoms with Gasteiger partial charge in [-0.15, -0.1) is 11.8 Å². The summed E-state index contributed by atoms with van der Waals surface area (Å²) >= 11 is 7.26. The number of carbonyl (C=O) groups is 2. The van der Waals surface area contributed by atoms with Crippen LogP contribution in [0.3, 0.4) is 0 Å². The maximum Gasteiger partial charge on any atom is 0.262 e. The number of ether oxygens (including phenoxy) is 1. The molecule has 0 radical (unpaired) electrons. The van der Waals surface area contributed by atoms with Crippen LogP contribution in [0.1, 0.15) is 16.5 Å². The SMILES string of the molecule is Cc1ccc(F)c(N2C(=O)CS[C@H]2c2cccc(NC(=O)COc3ccc(Cl)cc3)c2)c1. The van der Waals surface area contributed by atoms with Crippen molar-refractivity contribution in [2.24, 2.45) is 0 Å². The molecule has 0 aliphatic carbocycles. The number of thioether (sulfide) groups is 1. The Kier molecular flexibility index (Phi) is 6.67. The molecular weight excluding hydrogens is 451 g/mol. The number of aryl methyl sites for hydroxylation is 1. The average molecular weight is 471 g/mol. The fraction of sp³-hybridized carbons (Fsp3) is 0.167. The van der Waals surface area contributed by atoms with E-state index in [1.54, 1.807) is 54.6 Å². The largest absolute Gasteiger partial charge is 0.484 e. The van der Waals surface area contributed by atoms with E-state index in [1.807, 2.05) is 13.0 Å². The average Bonchev–Trinajstić information content (AvgIpc) is 3.16. The maximum absolute atomic E-state index is 14.5. The molecule has 164 valence electrons. The monoisotopic (exact) mass is 470 g/mol. The first-order valence-electron chi connectivity index (χ1n) is 9.89. The van der Waals surface area contributed by atoms with Gasteiger partial charge in [0.15, 0.2) is 6.61 Å². The van der Waals surface area contributed by atoms with Crippen LogP contribution in [0.15, 0.2) is 66.7 Å². The van der Waals surface area contributed by atoms with Gasteiger partial charge in [0.25, 0.3) is 5.91 Å². The summed E-state index contributed by atoms with van der Waals surface area (Å²) in [4.78, 5) is 26.4.